The third-order valence-electron chi connectivity index (χ3n) is 3.67. The molecule has 1 N–H and O–H groups in total. The molecular weight excluding hydrogens is 328 g/mol. The van der Waals surface area contributed by atoms with Crippen molar-refractivity contribution in [3.63, 3.8) is 0 Å². The van der Waals surface area contributed by atoms with E-state index in [9.17, 15) is 9.59 Å². The summed E-state index contributed by atoms with van der Waals surface area (Å²) in [6.45, 7) is 0. The largest absolute Gasteiger partial charge is 0.417 e. The second kappa shape index (κ2) is 8.42. The van der Waals surface area contributed by atoms with Crippen LogP contribution in [0.25, 0.3) is 0 Å². The van der Waals surface area contributed by atoms with Gasteiger partial charge in [0.2, 0.25) is 6.08 Å². The number of rotatable bonds is 5. The molecule has 0 saturated carbocycles. The van der Waals surface area contributed by atoms with Crippen molar-refractivity contribution in [2.45, 2.75) is 6.42 Å². The van der Waals surface area contributed by atoms with Gasteiger partial charge in [-0.3, -0.25) is 5.32 Å². The predicted molar refractivity (Wildman–Crippen MR) is 99.6 cm³/mol. The maximum Gasteiger partial charge on any atom is 0.417 e. The topological polar surface area (TPSA) is 67.8 Å². The second-order valence-corrected chi connectivity index (χ2v) is 5.57. The Morgan fingerprint density at radius 2 is 1.50 bits per heavy atom. The summed E-state index contributed by atoms with van der Waals surface area (Å²) in [5, 5.41) is 2.69. The van der Waals surface area contributed by atoms with Crippen molar-refractivity contribution < 1.29 is 14.3 Å². The number of benzene rings is 3. The van der Waals surface area contributed by atoms with Crippen molar-refractivity contribution >= 4 is 23.5 Å². The molecule has 0 atom stereocenters. The van der Waals surface area contributed by atoms with Crippen molar-refractivity contribution in [1.29, 1.82) is 0 Å². The Bertz CT molecular complexity index is 914. The van der Waals surface area contributed by atoms with Gasteiger partial charge in [-0.1, -0.05) is 42.5 Å². The molecular formula is C21H16N2O3. The van der Waals surface area contributed by atoms with Crippen molar-refractivity contribution in [3.05, 3.63) is 90.0 Å². The third-order valence-corrected chi connectivity index (χ3v) is 3.67. The van der Waals surface area contributed by atoms with Crippen molar-refractivity contribution in [1.82, 2.24) is 0 Å². The maximum atomic E-state index is 11.9. The average molecular weight is 344 g/mol. The van der Waals surface area contributed by atoms with Gasteiger partial charge < -0.3 is 4.74 Å². The highest BCUT2D eigenvalue weighted by Crippen LogP contribution is 2.17. The molecule has 0 aliphatic carbocycles. The van der Waals surface area contributed by atoms with E-state index < -0.39 is 6.09 Å². The van der Waals surface area contributed by atoms with Crippen LogP contribution >= 0.6 is 0 Å². The number of ether oxygens (including phenoxy) is 1. The molecule has 0 radical (unpaired) electrons. The van der Waals surface area contributed by atoms with Gasteiger partial charge in [-0.05, 0) is 53.9 Å². The van der Waals surface area contributed by atoms with Gasteiger partial charge >= 0.3 is 6.09 Å². The van der Waals surface area contributed by atoms with E-state index in [-0.39, 0.29) is 0 Å². The maximum absolute atomic E-state index is 11.9. The molecule has 5 nitrogen and oxygen atoms in total. The number of nitrogens with zero attached hydrogens (tertiary/aromatic N) is 1. The molecule has 0 spiro atoms. The average Bonchev–Trinajstić information content (AvgIpc) is 2.66. The van der Waals surface area contributed by atoms with Crippen LogP contribution in [0, 0.1) is 0 Å². The highest BCUT2D eigenvalue weighted by atomic mass is 16.6. The lowest BCUT2D eigenvalue weighted by Crippen LogP contribution is -2.16. The number of para-hydroxylation sites is 1. The van der Waals surface area contributed by atoms with Crippen molar-refractivity contribution in [2.75, 3.05) is 5.32 Å². The van der Waals surface area contributed by atoms with Crippen molar-refractivity contribution in [2.24, 2.45) is 4.99 Å². The second-order valence-electron chi connectivity index (χ2n) is 5.57. The number of hydrogen-bond donors (Lipinski definition) is 1. The van der Waals surface area contributed by atoms with Gasteiger partial charge in [-0.15, -0.1) is 0 Å². The number of amides is 1. The highest BCUT2D eigenvalue weighted by molar-refractivity contribution is 5.86. The minimum absolute atomic E-state index is 0.490. The molecule has 3 aromatic carbocycles. The van der Waals surface area contributed by atoms with Gasteiger partial charge in [-0.25, -0.2) is 9.59 Å². The van der Waals surface area contributed by atoms with E-state index in [4.69, 9.17) is 4.74 Å². The zero-order valence-electron chi connectivity index (χ0n) is 13.9. The van der Waals surface area contributed by atoms with Gasteiger partial charge in [0.1, 0.15) is 5.75 Å². The molecule has 0 aliphatic heterocycles. The van der Waals surface area contributed by atoms with Crippen LogP contribution in [-0.4, -0.2) is 12.2 Å². The minimum Gasteiger partial charge on any atom is -0.410 e. The quantitative estimate of drug-likeness (QED) is 0.531. The number of carbonyl (C=O) groups excluding carboxylic acids is 2. The SMILES string of the molecule is O=C=Nc1ccc(Cc2ccc(NC(=O)Oc3ccccc3)cc2)cc1. The van der Waals surface area contributed by atoms with E-state index >= 15 is 0 Å². The van der Waals surface area contributed by atoms with Crippen LogP contribution in [0.5, 0.6) is 5.75 Å². The molecule has 0 aromatic heterocycles. The molecule has 0 heterocycles. The van der Waals surface area contributed by atoms with Crippen LogP contribution in [0.3, 0.4) is 0 Å². The summed E-state index contributed by atoms with van der Waals surface area (Å²) >= 11 is 0. The molecule has 0 saturated heterocycles. The molecule has 3 rings (SSSR count). The number of anilines is 1. The Labute approximate surface area is 151 Å². The monoisotopic (exact) mass is 344 g/mol. The fourth-order valence-electron chi connectivity index (χ4n) is 2.42. The van der Waals surface area contributed by atoms with Crippen LogP contribution < -0.4 is 10.1 Å². The summed E-state index contributed by atoms with van der Waals surface area (Å²) in [6, 6.07) is 23.8. The lowest BCUT2D eigenvalue weighted by molar-refractivity contribution is 0.215. The van der Waals surface area contributed by atoms with Crippen LogP contribution in [0.1, 0.15) is 11.1 Å². The van der Waals surface area contributed by atoms with Crippen LogP contribution in [0.2, 0.25) is 0 Å². The van der Waals surface area contributed by atoms with Gasteiger partial charge in [0.15, 0.2) is 0 Å². The summed E-state index contributed by atoms with van der Waals surface area (Å²) in [5.74, 6) is 0.490. The Balaban J connectivity index is 1.57. The zero-order valence-corrected chi connectivity index (χ0v) is 13.9. The van der Waals surface area contributed by atoms with Gasteiger partial charge in [0, 0.05) is 5.69 Å². The molecule has 1 amide bonds. The van der Waals surface area contributed by atoms with E-state index in [2.05, 4.69) is 10.3 Å². The van der Waals surface area contributed by atoms with Crippen LogP contribution in [-0.2, 0) is 11.2 Å². The standard InChI is InChI=1S/C21H16N2O3/c24-15-22-18-10-6-16(7-11-18)14-17-8-12-19(13-9-17)23-21(25)26-20-4-2-1-3-5-20/h1-13H,14H2,(H,23,25). The number of carbonyl (C=O) groups is 1. The van der Waals surface area contributed by atoms with E-state index in [1.54, 1.807) is 36.4 Å². The van der Waals surface area contributed by atoms with E-state index in [0.717, 1.165) is 17.5 Å². The Hall–Kier alpha value is -3.69. The summed E-state index contributed by atoms with van der Waals surface area (Å²) in [6.07, 6.45) is 1.72. The van der Waals surface area contributed by atoms with Crippen LogP contribution in [0.4, 0.5) is 16.2 Å². The first-order valence-corrected chi connectivity index (χ1v) is 8.02. The summed E-state index contributed by atoms with van der Waals surface area (Å²) in [5.41, 5.74) is 3.43. The smallest absolute Gasteiger partial charge is 0.410 e. The van der Waals surface area contributed by atoms with Gasteiger partial charge in [0.25, 0.3) is 0 Å². The molecule has 26 heavy (non-hydrogen) atoms. The zero-order chi connectivity index (χ0) is 18.2. The molecule has 0 aliphatic rings. The van der Waals surface area contributed by atoms with E-state index in [1.165, 1.54) is 6.08 Å². The summed E-state index contributed by atoms with van der Waals surface area (Å²) < 4.78 is 5.19. The summed E-state index contributed by atoms with van der Waals surface area (Å²) in [7, 11) is 0. The number of nitrogens with one attached hydrogen (secondary N) is 1. The van der Waals surface area contributed by atoms with Crippen molar-refractivity contribution in [3.8, 4) is 5.75 Å². The molecule has 0 bridgehead atoms. The van der Waals surface area contributed by atoms with Gasteiger partial charge in [0.05, 0.1) is 5.69 Å². The fourth-order valence-corrected chi connectivity index (χ4v) is 2.42. The Kier molecular flexibility index (Phi) is 5.55. The molecule has 128 valence electrons. The van der Waals surface area contributed by atoms with E-state index in [1.807, 2.05) is 42.5 Å². The number of hydrogen-bond acceptors (Lipinski definition) is 4. The normalized spacial score (nSPS) is 9.85. The molecule has 0 fully saturated rings. The Morgan fingerprint density at radius 3 is 2.12 bits per heavy atom. The predicted octanol–water partition coefficient (Wildman–Crippen LogP) is 4.86. The Morgan fingerprint density at radius 1 is 0.885 bits per heavy atom. The van der Waals surface area contributed by atoms with Crippen LogP contribution in [0.15, 0.2) is 83.9 Å². The number of aliphatic imine (C=N–C) groups is 1. The molecule has 3 aromatic rings. The molecule has 0 unspecified atom stereocenters. The first kappa shape index (κ1) is 17.1. The first-order valence-electron chi connectivity index (χ1n) is 8.02. The number of isocyanates is 1. The third kappa shape index (κ3) is 4.90. The lowest BCUT2D eigenvalue weighted by Gasteiger charge is -2.08. The highest BCUT2D eigenvalue weighted by Gasteiger charge is 2.05. The van der Waals surface area contributed by atoms with E-state index in [0.29, 0.717) is 17.1 Å². The molecule has 5 heteroatoms. The minimum atomic E-state index is -0.532. The summed E-state index contributed by atoms with van der Waals surface area (Å²) in [4.78, 5) is 25.7. The lowest BCUT2D eigenvalue weighted by atomic mass is 10.0. The first-order chi connectivity index (χ1) is 12.7. The fraction of sp³-hybridized carbons (Fsp3) is 0.0476. The van der Waals surface area contributed by atoms with Gasteiger partial charge in [-0.2, -0.15) is 4.99 Å².